The quantitative estimate of drug-likeness (QED) is 0.848. The lowest BCUT2D eigenvalue weighted by atomic mass is 10.1. The molecule has 6 heteroatoms. The van der Waals surface area contributed by atoms with Crippen LogP contribution in [0.4, 0.5) is 5.69 Å². The standard InChI is InChI=1S/C15H15N3O3/c19-14(3-1-2-11-4-7-16-8-5-11)18-13-10-17-9-6-12(13)15(20)21/h4-10H,1-3H2,(H,18,19)(H,20,21). The highest BCUT2D eigenvalue weighted by atomic mass is 16.4. The molecule has 0 spiro atoms. The van der Waals surface area contributed by atoms with E-state index in [2.05, 4.69) is 15.3 Å². The van der Waals surface area contributed by atoms with Crippen molar-refractivity contribution in [1.82, 2.24) is 9.97 Å². The van der Waals surface area contributed by atoms with Gasteiger partial charge in [-0.05, 0) is 36.6 Å². The zero-order valence-corrected chi connectivity index (χ0v) is 11.3. The molecule has 0 radical (unpaired) electrons. The molecule has 21 heavy (non-hydrogen) atoms. The van der Waals surface area contributed by atoms with Crippen molar-refractivity contribution >= 4 is 17.6 Å². The average molecular weight is 285 g/mol. The lowest BCUT2D eigenvalue weighted by molar-refractivity contribution is -0.116. The Balaban J connectivity index is 1.86. The molecule has 0 saturated carbocycles. The minimum atomic E-state index is -1.09. The van der Waals surface area contributed by atoms with Gasteiger partial charge < -0.3 is 10.4 Å². The Morgan fingerprint density at radius 3 is 2.52 bits per heavy atom. The summed E-state index contributed by atoms with van der Waals surface area (Å²) >= 11 is 0. The molecule has 6 nitrogen and oxygen atoms in total. The molecule has 2 aromatic rings. The Kier molecular flexibility index (Phi) is 4.98. The van der Waals surface area contributed by atoms with E-state index in [1.54, 1.807) is 12.4 Å². The second kappa shape index (κ2) is 7.14. The van der Waals surface area contributed by atoms with Gasteiger partial charge in [0.15, 0.2) is 0 Å². The third kappa shape index (κ3) is 4.38. The highest BCUT2D eigenvalue weighted by molar-refractivity contribution is 6.00. The van der Waals surface area contributed by atoms with Crippen LogP contribution in [0.1, 0.15) is 28.8 Å². The lowest BCUT2D eigenvalue weighted by Gasteiger charge is -2.07. The zero-order chi connectivity index (χ0) is 15.1. The van der Waals surface area contributed by atoms with Gasteiger partial charge in [-0.15, -0.1) is 0 Å². The fourth-order valence-electron chi connectivity index (χ4n) is 1.90. The van der Waals surface area contributed by atoms with E-state index < -0.39 is 5.97 Å². The van der Waals surface area contributed by atoms with Gasteiger partial charge in [-0.2, -0.15) is 0 Å². The van der Waals surface area contributed by atoms with Crippen LogP contribution in [-0.2, 0) is 11.2 Å². The Morgan fingerprint density at radius 2 is 1.81 bits per heavy atom. The fourth-order valence-corrected chi connectivity index (χ4v) is 1.90. The summed E-state index contributed by atoms with van der Waals surface area (Å²) < 4.78 is 0. The molecule has 2 heterocycles. The summed E-state index contributed by atoms with van der Waals surface area (Å²) in [5.74, 6) is -1.32. The molecule has 0 atom stereocenters. The van der Waals surface area contributed by atoms with Crippen LogP contribution < -0.4 is 5.32 Å². The first kappa shape index (κ1) is 14.6. The maximum atomic E-state index is 11.8. The lowest BCUT2D eigenvalue weighted by Crippen LogP contribution is -2.14. The van der Waals surface area contributed by atoms with Gasteiger partial charge in [0, 0.05) is 25.0 Å². The number of carbonyl (C=O) groups is 2. The number of carboxylic acids is 1. The summed E-state index contributed by atoms with van der Waals surface area (Å²) in [7, 11) is 0. The van der Waals surface area contributed by atoms with E-state index in [1.165, 1.54) is 18.5 Å². The van der Waals surface area contributed by atoms with E-state index in [1.807, 2.05) is 12.1 Å². The van der Waals surface area contributed by atoms with Crippen LogP contribution in [0.3, 0.4) is 0 Å². The predicted octanol–water partition coefficient (Wildman–Crippen LogP) is 2.14. The van der Waals surface area contributed by atoms with Crippen LogP contribution in [0, 0.1) is 0 Å². The van der Waals surface area contributed by atoms with Gasteiger partial charge >= 0.3 is 5.97 Å². The first-order chi connectivity index (χ1) is 10.2. The number of hydrogen-bond acceptors (Lipinski definition) is 4. The number of carbonyl (C=O) groups excluding carboxylic acids is 1. The van der Waals surface area contributed by atoms with Gasteiger partial charge in [0.05, 0.1) is 17.4 Å². The van der Waals surface area contributed by atoms with Crippen LogP contribution in [0.25, 0.3) is 0 Å². The van der Waals surface area contributed by atoms with Crippen LogP contribution in [0.5, 0.6) is 0 Å². The maximum Gasteiger partial charge on any atom is 0.337 e. The Morgan fingerprint density at radius 1 is 1.10 bits per heavy atom. The number of aromatic nitrogens is 2. The number of aromatic carboxylic acids is 1. The fraction of sp³-hybridized carbons (Fsp3) is 0.200. The summed E-state index contributed by atoms with van der Waals surface area (Å²) in [5.41, 5.74) is 1.37. The zero-order valence-electron chi connectivity index (χ0n) is 11.3. The first-order valence-electron chi connectivity index (χ1n) is 6.53. The predicted molar refractivity (Wildman–Crippen MR) is 77.0 cm³/mol. The van der Waals surface area contributed by atoms with Crippen LogP contribution in [0.2, 0.25) is 0 Å². The smallest absolute Gasteiger partial charge is 0.337 e. The number of hydrogen-bond donors (Lipinski definition) is 2. The van der Waals surface area contributed by atoms with Gasteiger partial charge in [0.1, 0.15) is 0 Å². The van der Waals surface area contributed by atoms with Crippen molar-refractivity contribution in [2.75, 3.05) is 5.32 Å². The average Bonchev–Trinajstić information content (AvgIpc) is 2.48. The van der Waals surface area contributed by atoms with Crippen molar-refractivity contribution < 1.29 is 14.7 Å². The number of aryl methyl sites for hydroxylation is 1. The maximum absolute atomic E-state index is 11.8. The largest absolute Gasteiger partial charge is 0.478 e. The highest BCUT2D eigenvalue weighted by Crippen LogP contribution is 2.14. The van der Waals surface area contributed by atoms with E-state index >= 15 is 0 Å². The number of rotatable bonds is 6. The molecule has 0 aliphatic rings. The molecule has 0 unspecified atom stereocenters. The Hall–Kier alpha value is -2.76. The molecular formula is C15H15N3O3. The third-order valence-corrected chi connectivity index (χ3v) is 2.94. The molecule has 0 aromatic carbocycles. The van der Waals surface area contributed by atoms with Gasteiger partial charge in [0.25, 0.3) is 0 Å². The number of amides is 1. The van der Waals surface area contributed by atoms with E-state index in [4.69, 9.17) is 5.11 Å². The molecule has 0 saturated heterocycles. The Bertz CT molecular complexity index is 629. The van der Waals surface area contributed by atoms with Crippen LogP contribution in [0.15, 0.2) is 43.0 Å². The number of nitrogens with zero attached hydrogens (tertiary/aromatic N) is 2. The second-order valence-corrected chi connectivity index (χ2v) is 4.48. The number of anilines is 1. The minimum absolute atomic E-state index is 0.0347. The topological polar surface area (TPSA) is 92.2 Å². The van der Waals surface area contributed by atoms with Gasteiger partial charge in [0.2, 0.25) is 5.91 Å². The molecule has 0 aliphatic carbocycles. The summed E-state index contributed by atoms with van der Waals surface area (Å²) in [4.78, 5) is 30.6. The number of carboxylic acid groups (broad SMARTS) is 1. The normalized spacial score (nSPS) is 10.1. The van der Waals surface area contributed by atoms with Crippen molar-refractivity contribution in [3.05, 3.63) is 54.1 Å². The summed E-state index contributed by atoms with van der Waals surface area (Å²) in [5, 5.41) is 11.6. The summed E-state index contributed by atoms with van der Waals surface area (Å²) in [6.45, 7) is 0. The van der Waals surface area contributed by atoms with E-state index in [9.17, 15) is 9.59 Å². The van der Waals surface area contributed by atoms with E-state index in [0.717, 1.165) is 12.0 Å². The van der Waals surface area contributed by atoms with Crippen molar-refractivity contribution in [2.45, 2.75) is 19.3 Å². The Labute approximate surface area is 121 Å². The summed E-state index contributed by atoms with van der Waals surface area (Å²) in [6, 6.07) is 5.16. The first-order valence-corrected chi connectivity index (χ1v) is 6.53. The molecular weight excluding hydrogens is 270 g/mol. The number of nitrogens with one attached hydrogen (secondary N) is 1. The molecule has 0 aliphatic heterocycles. The highest BCUT2D eigenvalue weighted by Gasteiger charge is 2.12. The van der Waals surface area contributed by atoms with Crippen LogP contribution >= 0.6 is 0 Å². The number of pyridine rings is 2. The van der Waals surface area contributed by atoms with Crippen molar-refractivity contribution in [1.29, 1.82) is 0 Å². The monoisotopic (exact) mass is 285 g/mol. The van der Waals surface area contributed by atoms with Gasteiger partial charge in [-0.3, -0.25) is 14.8 Å². The molecule has 0 bridgehead atoms. The summed E-state index contributed by atoms with van der Waals surface area (Å²) in [6.07, 6.45) is 7.91. The molecule has 0 fully saturated rings. The molecule has 1 amide bonds. The van der Waals surface area contributed by atoms with E-state index in [-0.39, 0.29) is 17.2 Å². The van der Waals surface area contributed by atoms with Crippen molar-refractivity contribution in [3.63, 3.8) is 0 Å². The van der Waals surface area contributed by atoms with Crippen LogP contribution in [-0.4, -0.2) is 27.0 Å². The molecule has 2 rings (SSSR count). The second-order valence-electron chi connectivity index (χ2n) is 4.48. The SMILES string of the molecule is O=C(CCCc1ccncc1)Nc1cnccc1C(=O)O. The van der Waals surface area contributed by atoms with Gasteiger partial charge in [-0.1, -0.05) is 0 Å². The molecule has 2 N–H and O–H groups in total. The molecule has 108 valence electrons. The molecule has 2 aromatic heterocycles. The van der Waals surface area contributed by atoms with E-state index in [0.29, 0.717) is 12.8 Å². The van der Waals surface area contributed by atoms with Crippen molar-refractivity contribution in [3.8, 4) is 0 Å². The minimum Gasteiger partial charge on any atom is -0.478 e. The third-order valence-electron chi connectivity index (χ3n) is 2.94. The van der Waals surface area contributed by atoms with Crippen molar-refractivity contribution in [2.24, 2.45) is 0 Å². The van der Waals surface area contributed by atoms with Gasteiger partial charge in [-0.25, -0.2) is 4.79 Å².